The highest BCUT2D eigenvalue weighted by Crippen LogP contribution is 2.52. The van der Waals surface area contributed by atoms with Gasteiger partial charge in [-0.1, -0.05) is 70.0 Å². The lowest BCUT2D eigenvalue weighted by atomic mass is 9.82. The van der Waals surface area contributed by atoms with E-state index in [1.165, 1.54) is 11.8 Å². The number of aliphatic hydroxyl groups excluding tert-OH is 1. The summed E-state index contributed by atoms with van der Waals surface area (Å²) < 4.78 is 6.40. The van der Waals surface area contributed by atoms with E-state index in [2.05, 4.69) is 88.1 Å². The molecule has 1 atom stereocenters. The molecule has 5 nitrogen and oxygen atoms in total. The van der Waals surface area contributed by atoms with Crippen LogP contribution in [-0.2, 0) is 10.8 Å². The predicted octanol–water partition coefficient (Wildman–Crippen LogP) is 10.3. The first-order valence-electron chi connectivity index (χ1n) is 15.2. The van der Waals surface area contributed by atoms with Crippen LogP contribution in [0.4, 0.5) is 11.4 Å². The highest BCUT2D eigenvalue weighted by Gasteiger charge is 2.40. The average molecular weight is 638 g/mol. The number of fused-ring (bicyclic) bond motifs is 4. The molecule has 3 aliphatic carbocycles. The van der Waals surface area contributed by atoms with Crippen LogP contribution in [0.3, 0.4) is 0 Å². The van der Waals surface area contributed by atoms with Gasteiger partial charge in [-0.05, 0) is 84.7 Å². The van der Waals surface area contributed by atoms with Gasteiger partial charge in [-0.25, -0.2) is 0 Å². The fraction of sp³-hybridized carbons (Fsp3) is 0.263. The molecule has 228 valence electrons. The molecule has 3 aliphatic rings. The predicted molar refractivity (Wildman–Crippen MR) is 182 cm³/mol. The van der Waals surface area contributed by atoms with E-state index in [1.807, 2.05) is 12.3 Å². The van der Waals surface area contributed by atoms with Crippen molar-refractivity contribution in [1.29, 1.82) is 0 Å². The molecule has 4 aromatic rings. The number of carbonyl (C=O) groups is 1. The number of furan rings is 1. The maximum Gasteiger partial charge on any atom is 0.192 e. The maximum atomic E-state index is 13.2. The van der Waals surface area contributed by atoms with Gasteiger partial charge in [0, 0.05) is 50.2 Å². The highest BCUT2D eigenvalue weighted by molar-refractivity contribution is 6.42. The maximum absolute atomic E-state index is 13.2. The van der Waals surface area contributed by atoms with Crippen LogP contribution in [0.5, 0.6) is 0 Å². The molecule has 45 heavy (non-hydrogen) atoms. The fourth-order valence-electron chi connectivity index (χ4n) is 6.63. The Labute approximate surface area is 273 Å². The number of allylic oxidation sites excluding steroid dienone is 4. The molecule has 1 unspecified atom stereocenters. The molecule has 2 heterocycles. The molecular formula is C38H34Cl2N2O3. The van der Waals surface area contributed by atoms with E-state index in [-0.39, 0.29) is 27.2 Å². The number of aliphatic hydroxyl groups is 1. The minimum absolute atomic E-state index is 0.0309. The second kappa shape index (κ2) is 10.6. The van der Waals surface area contributed by atoms with E-state index < -0.39 is 6.10 Å². The lowest BCUT2D eigenvalue weighted by Gasteiger charge is -2.30. The van der Waals surface area contributed by atoms with E-state index in [4.69, 9.17) is 32.6 Å². The van der Waals surface area contributed by atoms with Crippen LogP contribution in [0.1, 0.15) is 92.1 Å². The third kappa shape index (κ3) is 4.89. The summed E-state index contributed by atoms with van der Waals surface area (Å²) in [6.45, 7) is 10.9. The molecule has 0 aliphatic heterocycles. The molecule has 0 bridgehead atoms. The van der Waals surface area contributed by atoms with Gasteiger partial charge in [-0.15, -0.1) is 0 Å². The monoisotopic (exact) mass is 636 g/mol. The first kappa shape index (κ1) is 29.8. The number of halogens is 2. The van der Waals surface area contributed by atoms with Crippen LogP contribution in [0.25, 0.3) is 17.4 Å². The first-order chi connectivity index (χ1) is 21.3. The number of Topliss-reactive ketones (excluding diaryl/α,β-unsaturated/α-hetero) is 1. The Morgan fingerprint density at radius 3 is 2.44 bits per heavy atom. The molecule has 0 amide bonds. The zero-order chi connectivity index (χ0) is 31.8. The van der Waals surface area contributed by atoms with Crippen LogP contribution in [0.15, 0.2) is 88.6 Å². The molecule has 0 saturated heterocycles. The Morgan fingerprint density at radius 2 is 1.76 bits per heavy atom. The Hall–Kier alpha value is -3.90. The zero-order valence-corrected chi connectivity index (χ0v) is 27.4. The minimum Gasteiger partial charge on any atom is -0.456 e. The summed E-state index contributed by atoms with van der Waals surface area (Å²) in [4.78, 5) is 20.3. The number of carbonyl (C=O) groups excluding carboxylic acids is 1. The highest BCUT2D eigenvalue weighted by atomic mass is 35.5. The Morgan fingerprint density at radius 1 is 1.00 bits per heavy atom. The van der Waals surface area contributed by atoms with Crippen molar-refractivity contribution in [2.45, 2.75) is 64.4 Å². The van der Waals surface area contributed by atoms with Crippen molar-refractivity contribution in [3.05, 3.63) is 128 Å². The van der Waals surface area contributed by atoms with Crippen LogP contribution in [0.2, 0.25) is 10.0 Å². The summed E-state index contributed by atoms with van der Waals surface area (Å²) in [6, 6.07) is 15.8. The van der Waals surface area contributed by atoms with E-state index in [0.29, 0.717) is 21.9 Å². The number of ketones is 1. The van der Waals surface area contributed by atoms with Crippen molar-refractivity contribution in [3.8, 4) is 11.3 Å². The number of hydrogen-bond donors (Lipinski definition) is 1. The third-order valence-electron chi connectivity index (χ3n) is 9.14. The minimum atomic E-state index is -1.10. The third-order valence-corrected chi connectivity index (χ3v) is 9.87. The molecule has 2 aromatic heterocycles. The van der Waals surface area contributed by atoms with Crippen molar-refractivity contribution in [1.82, 2.24) is 4.98 Å². The first-order valence-corrected chi connectivity index (χ1v) is 15.9. The van der Waals surface area contributed by atoms with Gasteiger partial charge in [0.2, 0.25) is 0 Å². The van der Waals surface area contributed by atoms with Crippen LogP contribution >= 0.6 is 23.2 Å². The van der Waals surface area contributed by atoms with Gasteiger partial charge in [-0.3, -0.25) is 9.78 Å². The normalized spacial score (nSPS) is 19.0. The Balaban J connectivity index is 1.26. The van der Waals surface area contributed by atoms with Crippen molar-refractivity contribution in [3.63, 3.8) is 0 Å². The summed E-state index contributed by atoms with van der Waals surface area (Å²) in [5, 5.41) is 11.6. The van der Waals surface area contributed by atoms with Gasteiger partial charge < -0.3 is 14.4 Å². The standard InChI is InChI=1S/C38H34Cl2N2O3/c1-37(2,3)33-14-12-23(20-41-33)42(21-9-7-6-8-10-21)22-11-13-25-29(15-22)38(4,5)30-17-24(45-36(25)30)16-28-34(43)26-18-31(39)32(40)19-27(26)35(28)44/h6-7,9,11-20,34,43H,8,10H2,1-5H3/b28-16+. The van der Waals surface area contributed by atoms with Gasteiger partial charge in [0.1, 0.15) is 17.6 Å². The average Bonchev–Trinajstić information content (AvgIpc) is 3.60. The lowest BCUT2D eigenvalue weighted by molar-refractivity contribution is 0.102. The smallest absolute Gasteiger partial charge is 0.192 e. The van der Waals surface area contributed by atoms with Crippen molar-refractivity contribution in [2.24, 2.45) is 0 Å². The molecule has 7 heteroatoms. The molecule has 2 aromatic carbocycles. The molecule has 0 fully saturated rings. The summed E-state index contributed by atoms with van der Waals surface area (Å²) in [5.74, 6) is 1.01. The molecule has 0 spiro atoms. The van der Waals surface area contributed by atoms with E-state index in [0.717, 1.165) is 52.4 Å². The number of benzene rings is 2. The molecular weight excluding hydrogens is 603 g/mol. The number of pyridine rings is 1. The second-order valence-electron chi connectivity index (χ2n) is 13.5. The van der Waals surface area contributed by atoms with Crippen molar-refractivity contribution < 1.29 is 14.3 Å². The molecule has 1 N–H and O–H groups in total. The van der Waals surface area contributed by atoms with Crippen molar-refractivity contribution in [2.75, 3.05) is 4.90 Å². The molecule has 0 radical (unpaired) electrons. The van der Waals surface area contributed by atoms with Crippen LogP contribution < -0.4 is 4.90 Å². The lowest BCUT2D eigenvalue weighted by Crippen LogP contribution is -2.20. The number of nitrogens with zero attached hydrogens (tertiary/aromatic N) is 2. The van der Waals surface area contributed by atoms with E-state index in [1.54, 1.807) is 12.1 Å². The summed E-state index contributed by atoms with van der Waals surface area (Å²) in [5.41, 5.74) is 8.23. The molecule has 7 rings (SSSR count). The largest absolute Gasteiger partial charge is 0.456 e. The van der Waals surface area contributed by atoms with Gasteiger partial charge in [-0.2, -0.15) is 0 Å². The fourth-order valence-corrected chi connectivity index (χ4v) is 6.96. The summed E-state index contributed by atoms with van der Waals surface area (Å²) in [6.07, 6.45) is 10.9. The topological polar surface area (TPSA) is 66.6 Å². The zero-order valence-electron chi connectivity index (χ0n) is 25.9. The van der Waals surface area contributed by atoms with E-state index in [9.17, 15) is 9.90 Å². The van der Waals surface area contributed by atoms with Gasteiger partial charge in [0.25, 0.3) is 0 Å². The SMILES string of the molecule is CC(C)(C)c1ccc(N(C2=CC=CCC2)c2ccc3c(c2)C(C)(C)c2cc(/C=C4/C(=O)c5cc(Cl)c(Cl)cc5C4O)oc2-3)cn1. The summed E-state index contributed by atoms with van der Waals surface area (Å²) >= 11 is 12.3. The van der Waals surface area contributed by atoms with Gasteiger partial charge >= 0.3 is 0 Å². The van der Waals surface area contributed by atoms with Crippen LogP contribution in [-0.4, -0.2) is 15.9 Å². The number of hydrogen-bond acceptors (Lipinski definition) is 5. The number of aromatic nitrogens is 1. The van der Waals surface area contributed by atoms with Crippen molar-refractivity contribution >= 4 is 46.4 Å². The summed E-state index contributed by atoms with van der Waals surface area (Å²) in [7, 11) is 0. The van der Waals surface area contributed by atoms with E-state index >= 15 is 0 Å². The Bertz CT molecular complexity index is 1970. The molecule has 0 saturated carbocycles. The van der Waals surface area contributed by atoms with Gasteiger partial charge in [0.05, 0.1) is 21.9 Å². The van der Waals surface area contributed by atoms with Crippen LogP contribution in [0, 0.1) is 0 Å². The number of anilines is 2. The van der Waals surface area contributed by atoms with Gasteiger partial charge in [0.15, 0.2) is 5.78 Å². The second-order valence-corrected chi connectivity index (χ2v) is 14.4. The Kier molecular flexibility index (Phi) is 7.01. The number of rotatable bonds is 4. The quantitative estimate of drug-likeness (QED) is 0.226.